The van der Waals surface area contributed by atoms with Crippen LogP contribution in [0, 0.1) is 0 Å². The van der Waals surface area contributed by atoms with Crippen molar-refractivity contribution in [3.63, 3.8) is 0 Å². The molecule has 5 rings (SSSR count). The van der Waals surface area contributed by atoms with Gasteiger partial charge in [0.05, 0.1) is 40.0 Å². The Hall–Kier alpha value is -3.47. The highest BCUT2D eigenvalue weighted by Crippen LogP contribution is 2.34. The maximum Gasteiger partial charge on any atom is 0.271 e. The van der Waals surface area contributed by atoms with Crippen LogP contribution in [0.2, 0.25) is 0 Å². The van der Waals surface area contributed by atoms with E-state index < -0.39 is 6.04 Å². The zero-order valence-electron chi connectivity index (χ0n) is 21.9. The highest BCUT2D eigenvalue weighted by atomic mass is 79.9. The number of carbonyl (C=O) groups is 1. The van der Waals surface area contributed by atoms with Crippen LogP contribution in [0.3, 0.4) is 0 Å². The number of hydrogen-bond donors (Lipinski definition) is 1. The van der Waals surface area contributed by atoms with Gasteiger partial charge in [0.25, 0.3) is 11.5 Å². The summed E-state index contributed by atoms with van der Waals surface area (Å²) in [6.45, 7) is 4.25. The van der Waals surface area contributed by atoms with E-state index in [-0.39, 0.29) is 11.5 Å². The summed E-state index contributed by atoms with van der Waals surface area (Å²) < 4.78 is 14.9. The van der Waals surface area contributed by atoms with E-state index in [0.717, 1.165) is 20.1 Å². The minimum Gasteiger partial charge on any atom is -0.495 e. The van der Waals surface area contributed by atoms with E-state index in [2.05, 4.69) is 37.2 Å². The zero-order valence-corrected chi connectivity index (χ0v) is 25.9. The third-order valence-electron chi connectivity index (χ3n) is 6.33. The van der Waals surface area contributed by atoms with Crippen molar-refractivity contribution < 1.29 is 14.3 Å². The number of anilines is 1. The lowest BCUT2D eigenvalue weighted by Crippen LogP contribution is -2.40. The van der Waals surface area contributed by atoms with Crippen LogP contribution in [0.5, 0.6) is 11.5 Å². The molecule has 1 N–H and O–H groups in total. The summed E-state index contributed by atoms with van der Waals surface area (Å²) in [7, 11) is 1.58. The summed E-state index contributed by atoms with van der Waals surface area (Å²) >= 11 is 8.31. The van der Waals surface area contributed by atoms with Gasteiger partial charge >= 0.3 is 0 Å². The van der Waals surface area contributed by atoms with E-state index in [1.165, 1.54) is 11.3 Å². The Morgan fingerprint density at radius 3 is 2.52 bits per heavy atom. The molecular weight excluding hydrogens is 658 g/mol. The van der Waals surface area contributed by atoms with Crippen LogP contribution in [0.4, 0.5) is 5.69 Å². The van der Waals surface area contributed by atoms with Crippen LogP contribution in [-0.4, -0.2) is 24.2 Å². The topological polar surface area (TPSA) is 81.9 Å². The number of para-hydroxylation sites is 1. The highest BCUT2D eigenvalue weighted by molar-refractivity contribution is 9.11. The molecule has 40 heavy (non-hydrogen) atoms. The molecule has 1 atom stereocenters. The molecule has 1 amide bonds. The van der Waals surface area contributed by atoms with Crippen LogP contribution in [0.1, 0.15) is 31.0 Å². The third kappa shape index (κ3) is 5.56. The first-order valence-corrected chi connectivity index (χ1v) is 14.9. The van der Waals surface area contributed by atoms with Gasteiger partial charge in [-0.25, -0.2) is 4.99 Å². The van der Waals surface area contributed by atoms with Crippen LogP contribution in [-0.2, 0) is 4.79 Å². The molecule has 204 valence electrons. The van der Waals surface area contributed by atoms with Gasteiger partial charge in [0.15, 0.2) is 4.80 Å². The number of hydrogen-bond acceptors (Lipinski definition) is 6. The average Bonchev–Trinajstić information content (AvgIpc) is 3.23. The van der Waals surface area contributed by atoms with E-state index in [1.54, 1.807) is 24.7 Å². The molecule has 1 aliphatic rings. The standard InChI is InChI=1S/C30H25Br2N3O4S/c1-4-39-22-12-10-18(11-13-22)26-25(28(36)34-21-8-6-5-7-9-21)17(2)33-30-35(26)29(37)24(40-30)15-19-14-20(31)16-23(32)27(19)38-3/h5-16,26H,4H2,1-3H3,(H,34,36)/b24-15-/t26-/m0/s1. The monoisotopic (exact) mass is 681 g/mol. The number of rotatable bonds is 7. The molecule has 0 spiro atoms. The first kappa shape index (κ1) is 28.1. The normalized spacial score (nSPS) is 14.9. The van der Waals surface area contributed by atoms with Gasteiger partial charge in [-0.1, -0.05) is 57.6 Å². The summed E-state index contributed by atoms with van der Waals surface area (Å²) in [5.74, 6) is 0.997. The van der Waals surface area contributed by atoms with Crippen molar-refractivity contribution in [3.8, 4) is 11.5 Å². The molecule has 2 heterocycles. The van der Waals surface area contributed by atoms with E-state index in [4.69, 9.17) is 14.5 Å². The van der Waals surface area contributed by atoms with Gasteiger partial charge < -0.3 is 14.8 Å². The number of halogens is 2. The lowest BCUT2D eigenvalue weighted by Gasteiger charge is -2.25. The number of methoxy groups -OCH3 is 1. The number of carbonyl (C=O) groups excluding carboxylic acids is 1. The maximum absolute atomic E-state index is 14.0. The Morgan fingerprint density at radius 2 is 1.85 bits per heavy atom. The number of amides is 1. The molecule has 0 bridgehead atoms. The Bertz CT molecular complexity index is 1800. The summed E-state index contributed by atoms with van der Waals surface area (Å²) in [4.78, 5) is 33.0. The first-order chi connectivity index (χ1) is 19.3. The number of benzene rings is 3. The van der Waals surface area contributed by atoms with Crippen LogP contribution in [0.25, 0.3) is 6.08 Å². The van der Waals surface area contributed by atoms with Gasteiger partial charge in [0.2, 0.25) is 0 Å². The Labute approximate surface area is 251 Å². The van der Waals surface area contributed by atoms with Gasteiger partial charge in [-0.3, -0.25) is 14.2 Å². The minimum atomic E-state index is -0.686. The molecule has 10 heteroatoms. The molecule has 0 aliphatic carbocycles. The number of fused-ring (bicyclic) bond motifs is 1. The van der Waals surface area contributed by atoms with Gasteiger partial charge in [-0.2, -0.15) is 0 Å². The predicted octanol–water partition coefficient (Wildman–Crippen LogP) is 5.81. The summed E-state index contributed by atoms with van der Waals surface area (Å²) in [6, 6.07) is 19.8. The van der Waals surface area contributed by atoms with Crippen molar-refractivity contribution >= 4 is 60.9 Å². The quantitative estimate of drug-likeness (QED) is 0.267. The summed E-state index contributed by atoms with van der Waals surface area (Å²) in [5, 5.41) is 2.97. The van der Waals surface area contributed by atoms with Gasteiger partial charge in [-0.05, 0) is 77.8 Å². The Kier molecular flexibility index (Phi) is 8.39. The van der Waals surface area contributed by atoms with Crippen molar-refractivity contribution in [1.29, 1.82) is 0 Å². The van der Waals surface area contributed by atoms with E-state index >= 15 is 0 Å². The predicted molar refractivity (Wildman–Crippen MR) is 165 cm³/mol. The average molecular weight is 683 g/mol. The lowest BCUT2D eigenvalue weighted by atomic mass is 9.95. The van der Waals surface area contributed by atoms with Crippen molar-refractivity contribution in [2.24, 2.45) is 4.99 Å². The minimum absolute atomic E-state index is 0.252. The third-order valence-corrected chi connectivity index (χ3v) is 8.36. The molecule has 3 aromatic carbocycles. The van der Waals surface area contributed by atoms with E-state index in [0.29, 0.717) is 44.4 Å². The SMILES string of the molecule is CCOc1ccc([C@H]2C(C(=O)Nc3ccccc3)=C(C)N=c3s/c(=C\c4cc(Br)cc(Br)c4OC)c(=O)n32)cc1. The van der Waals surface area contributed by atoms with Crippen molar-refractivity contribution in [1.82, 2.24) is 4.57 Å². The molecule has 0 radical (unpaired) electrons. The van der Waals surface area contributed by atoms with Crippen LogP contribution in [0.15, 0.2) is 96.7 Å². The van der Waals surface area contributed by atoms with Gasteiger partial charge in [-0.15, -0.1) is 0 Å². The number of nitrogens with one attached hydrogen (secondary N) is 1. The largest absolute Gasteiger partial charge is 0.495 e. The summed E-state index contributed by atoms with van der Waals surface area (Å²) in [6.07, 6.45) is 1.79. The fraction of sp³-hybridized carbons (Fsp3) is 0.167. The molecule has 1 aromatic heterocycles. The number of ether oxygens (including phenoxy) is 2. The van der Waals surface area contributed by atoms with Gasteiger partial charge in [0, 0.05) is 15.7 Å². The number of allylic oxidation sites excluding steroid dienone is 1. The number of aromatic nitrogens is 1. The van der Waals surface area contributed by atoms with Crippen molar-refractivity contribution in [2.45, 2.75) is 19.9 Å². The number of thiazole rings is 1. The zero-order chi connectivity index (χ0) is 28.4. The first-order valence-electron chi connectivity index (χ1n) is 12.5. The Balaban J connectivity index is 1.69. The highest BCUT2D eigenvalue weighted by Gasteiger charge is 2.32. The molecule has 7 nitrogen and oxygen atoms in total. The second-order valence-electron chi connectivity index (χ2n) is 8.91. The molecule has 0 unspecified atom stereocenters. The fourth-order valence-electron chi connectivity index (χ4n) is 4.60. The second-order valence-corrected chi connectivity index (χ2v) is 11.7. The molecular formula is C30H25Br2N3O4S. The van der Waals surface area contributed by atoms with Crippen molar-refractivity contribution in [3.05, 3.63) is 118 Å². The van der Waals surface area contributed by atoms with Gasteiger partial charge in [0.1, 0.15) is 11.5 Å². The summed E-state index contributed by atoms with van der Waals surface area (Å²) in [5.41, 5.74) is 2.84. The molecule has 0 saturated carbocycles. The number of nitrogens with zero attached hydrogens (tertiary/aromatic N) is 2. The van der Waals surface area contributed by atoms with Crippen LogP contribution < -0.4 is 29.7 Å². The molecule has 4 aromatic rings. The second kappa shape index (κ2) is 12.0. The van der Waals surface area contributed by atoms with Crippen molar-refractivity contribution in [2.75, 3.05) is 19.0 Å². The van der Waals surface area contributed by atoms with E-state index in [1.807, 2.05) is 73.7 Å². The fourth-order valence-corrected chi connectivity index (χ4v) is 7.06. The van der Waals surface area contributed by atoms with E-state index in [9.17, 15) is 9.59 Å². The van der Waals surface area contributed by atoms with Crippen LogP contribution >= 0.6 is 43.2 Å². The molecule has 0 fully saturated rings. The Morgan fingerprint density at radius 1 is 1.12 bits per heavy atom. The molecule has 0 saturated heterocycles. The lowest BCUT2D eigenvalue weighted by molar-refractivity contribution is -0.113. The smallest absolute Gasteiger partial charge is 0.271 e. The maximum atomic E-state index is 14.0. The molecule has 1 aliphatic heterocycles.